The van der Waals surface area contributed by atoms with Crippen molar-refractivity contribution in [1.82, 2.24) is 15.2 Å². The van der Waals surface area contributed by atoms with E-state index in [0.29, 0.717) is 15.8 Å². The van der Waals surface area contributed by atoms with Crippen molar-refractivity contribution in [2.24, 2.45) is 22.4 Å². The van der Waals surface area contributed by atoms with Crippen LogP contribution >= 0.6 is 24.0 Å². The minimum Gasteiger partial charge on any atom is -0.459 e. The molecule has 0 bridgehead atoms. The minimum absolute atomic E-state index is 0. The topological polar surface area (TPSA) is 162 Å². The number of aromatic nitrogens is 1. The molecule has 0 amide bonds. The maximum absolute atomic E-state index is 12.9. The number of esters is 1. The van der Waals surface area contributed by atoms with E-state index < -0.39 is 27.6 Å². The molecule has 0 aliphatic heterocycles. The summed E-state index contributed by atoms with van der Waals surface area (Å²) in [5.74, 6) is -0.931. The Morgan fingerprint density at radius 2 is 1.84 bits per heavy atom. The first-order valence-corrected chi connectivity index (χ1v) is 11.3. The Balaban J connectivity index is 0.00000512. The molecule has 2 aromatic rings. The number of hydrogen-bond acceptors (Lipinski definition) is 7. The first kappa shape index (κ1) is 27.9. The average molecular weight is 507 g/mol. The summed E-state index contributed by atoms with van der Waals surface area (Å²) in [6.07, 6.45) is 1.37. The second-order valence-corrected chi connectivity index (χ2v) is 10.3. The second-order valence-electron chi connectivity index (χ2n) is 8.18. The van der Waals surface area contributed by atoms with Crippen molar-refractivity contribution in [3.63, 3.8) is 0 Å². The second kappa shape index (κ2) is 10.6. The molecule has 1 heterocycles. The number of fused-ring (bicyclic) bond motifs is 1. The molecular formula is C19H28Cl2N6O4S. The first-order valence-electron chi connectivity index (χ1n) is 9.39. The number of pyridine rings is 1. The lowest BCUT2D eigenvalue weighted by molar-refractivity contribution is -0.158. The molecule has 0 aliphatic carbocycles. The summed E-state index contributed by atoms with van der Waals surface area (Å²) in [6, 6.07) is 3.34. The Labute approximate surface area is 198 Å². The zero-order chi connectivity index (χ0) is 23.6. The van der Waals surface area contributed by atoms with Gasteiger partial charge in [-0.15, -0.1) is 17.2 Å². The van der Waals surface area contributed by atoms with Crippen LogP contribution in [0.5, 0.6) is 0 Å². The number of nitrogens with one attached hydrogen (secondary N) is 2. The first-order chi connectivity index (χ1) is 14.2. The zero-order valence-corrected chi connectivity index (χ0v) is 20.7. The normalized spacial score (nSPS) is 12.8. The maximum Gasteiger partial charge on any atom is 0.325 e. The van der Waals surface area contributed by atoms with Crippen LogP contribution < -0.4 is 21.7 Å². The largest absolute Gasteiger partial charge is 0.459 e. The van der Waals surface area contributed by atoms with Crippen molar-refractivity contribution in [2.75, 3.05) is 0 Å². The van der Waals surface area contributed by atoms with Gasteiger partial charge in [0.05, 0.1) is 9.92 Å². The molecule has 0 saturated carbocycles. The lowest BCUT2D eigenvalue weighted by Gasteiger charge is -2.26. The van der Waals surface area contributed by atoms with Crippen LogP contribution in [0, 0.1) is 5.92 Å². The molecule has 2 rings (SSSR count). The van der Waals surface area contributed by atoms with Crippen LogP contribution in [0.1, 0.15) is 34.6 Å². The Morgan fingerprint density at radius 3 is 2.38 bits per heavy atom. The standard InChI is InChI=1S/C19H27ClN6O4S.ClH/c1-10(2)15(17(27)30-19(3,4)5)25-26-31(28,29)11-6-7-12-13(8-11)16(24-18(21)22)23-9-14(12)20;/h6-10,15,25-26H,1-5H3,(H4,21,22,23,24);1H/t15-;/m1./s1. The number of aliphatic imine (C=N–C) groups is 1. The molecule has 178 valence electrons. The number of halogens is 2. The van der Waals surface area contributed by atoms with Crippen molar-refractivity contribution in [3.8, 4) is 0 Å². The Hall–Kier alpha value is -2.18. The van der Waals surface area contributed by atoms with E-state index in [1.165, 1.54) is 24.4 Å². The summed E-state index contributed by atoms with van der Waals surface area (Å²) in [7, 11) is -4.07. The minimum atomic E-state index is -4.07. The number of sulfonamides is 1. The van der Waals surface area contributed by atoms with Crippen LogP contribution in [0.15, 0.2) is 34.3 Å². The highest BCUT2D eigenvalue weighted by molar-refractivity contribution is 7.89. The van der Waals surface area contributed by atoms with Gasteiger partial charge in [-0.05, 0) is 38.8 Å². The van der Waals surface area contributed by atoms with E-state index in [-0.39, 0.29) is 35.0 Å². The van der Waals surface area contributed by atoms with Gasteiger partial charge in [-0.3, -0.25) is 4.79 Å². The number of hydrogen-bond donors (Lipinski definition) is 4. The molecular weight excluding hydrogens is 479 g/mol. The fraction of sp³-hybridized carbons (Fsp3) is 0.421. The van der Waals surface area contributed by atoms with Gasteiger partial charge in [-0.1, -0.05) is 31.5 Å². The van der Waals surface area contributed by atoms with E-state index in [4.69, 9.17) is 27.8 Å². The maximum atomic E-state index is 12.9. The van der Waals surface area contributed by atoms with Gasteiger partial charge in [0.2, 0.25) is 0 Å². The van der Waals surface area contributed by atoms with Crippen molar-refractivity contribution in [2.45, 2.75) is 51.2 Å². The molecule has 0 saturated heterocycles. The van der Waals surface area contributed by atoms with Crippen LogP contribution in [-0.4, -0.2) is 37.0 Å². The van der Waals surface area contributed by atoms with Gasteiger partial charge in [-0.2, -0.15) is 4.99 Å². The zero-order valence-electron chi connectivity index (χ0n) is 18.3. The highest BCUT2D eigenvalue weighted by atomic mass is 35.5. The lowest BCUT2D eigenvalue weighted by atomic mass is 10.1. The third kappa shape index (κ3) is 7.17. The lowest BCUT2D eigenvalue weighted by Crippen LogP contribution is -2.52. The third-order valence-electron chi connectivity index (χ3n) is 4.01. The summed E-state index contributed by atoms with van der Waals surface area (Å²) in [4.78, 5) is 22.5. The molecule has 1 aromatic carbocycles. The van der Waals surface area contributed by atoms with Gasteiger partial charge >= 0.3 is 5.97 Å². The predicted molar refractivity (Wildman–Crippen MR) is 127 cm³/mol. The molecule has 0 radical (unpaired) electrons. The van der Waals surface area contributed by atoms with Crippen LogP contribution in [0.25, 0.3) is 10.8 Å². The van der Waals surface area contributed by atoms with Crippen LogP contribution in [-0.2, 0) is 19.6 Å². The molecule has 1 aromatic heterocycles. The van der Waals surface area contributed by atoms with Gasteiger partial charge in [0, 0.05) is 17.0 Å². The number of rotatable bonds is 7. The van der Waals surface area contributed by atoms with Gasteiger partial charge in [0.15, 0.2) is 11.8 Å². The van der Waals surface area contributed by atoms with Gasteiger partial charge in [0.25, 0.3) is 10.0 Å². The smallest absolute Gasteiger partial charge is 0.325 e. The highest BCUT2D eigenvalue weighted by Crippen LogP contribution is 2.31. The van der Waals surface area contributed by atoms with E-state index >= 15 is 0 Å². The number of guanidine groups is 1. The Bertz CT molecular complexity index is 1110. The van der Waals surface area contributed by atoms with E-state index in [2.05, 4.69) is 20.2 Å². The number of carbonyl (C=O) groups is 1. The number of carbonyl (C=O) groups excluding carboxylic acids is 1. The van der Waals surface area contributed by atoms with Crippen LogP contribution in [0.4, 0.5) is 5.82 Å². The summed E-state index contributed by atoms with van der Waals surface area (Å²) >= 11 is 6.16. The molecule has 10 nitrogen and oxygen atoms in total. The number of hydrazine groups is 1. The van der Waals surface area contributed by atoms with Gasteiger partial charge in [-0.25, -0.2) is 18.8 Å². The monoisotopic (exact) mass is 506 g/mol. The SMILES string of the molecule is CC(C)[C@@H](NNS(=O)(=O)c1ccc2c(Cl)cnc(N=C(N)N)c2c1)C(=O)OC(C)(C)C.Cl. The summed E-state index contributed by atoms with van der Waals surface area (Å²) in [6.45, 7) is 8.72. The predicted octanol–water partition coefficient (Wildman–Crippen LogP) is 2.36. The van der Waals surface area contributed by atoms with E-state index in [1.807, 2.05) is 0 Å². The van der Waals surface area contributed by atoms with Crippen molar-refractivity contribution in [3.05, 3.63) is 29.4 Å². The summed E-state index contributed by atoms with van der Waals surface area (Å²) in [5, 5.41) is 1.18. The number of nitrogens with zero attached hydrogens (tertiary/aromatic N) is 2. The van der Waals surface area contributed by atoms with E-state index in [0.717, 1.165) is 0 Å². The molecule has 13 heteroatoms. The third-order valence-corrected chi connectivity index (χ3v) is 5.57. The summed E-state index contributed by atoms with van der Waals surface area (Å²) < 4.78 is 31.1. The number of nitrogens with two attached hydrogens (primary N) is 2. The molecule has 1 atom stereocenters. The number of ether oxygens (including phenoxy) is 1. The van der Waals surface area contributed by atoms with Crippen LogP contribution in [0.2, 0.25) is 5.02 Å². The quantitative estimate of drug-likeness (QED) is 0.192. The fourth-order valence-corrected chi connectivity index (χ4v) is 3.75. The Morgan fingerprint density at radius 1 is 1.22 bits per heavy atom. The average Bonchev–Trinajstić information content (AvgIpc) is 2.61. The highest BCUT2D eigenvalue weighted by Gasteiger charge is 2.29. The molecule has 0 fully saturated rings. The molecule has 6 N–H and O–H groups in total. The van der Waals surface area contributed by atoms with Crippen molar-refractivity contribution >= 4 is 62.6 Å². The Kier molecular flexibility index (Phi) is 9.25. The number of benzene rings is 1. The van der Waals surface area contributed by atoms with Gasteiger partial charge in [0.1, 0.15) is 11.6 Å². The molecule has 0 aliphatic rings. The van der Waals surface area contributed by atoms with Gasteiger partial charge < -0.3 is 16.2 Å². The van der Waals surface area contributed by atoms with Crippen molar-refractivity contribution < 1.29 is 17.9 Å². The van der Waals surface area contributed by atoms with Crippen LogP contribution in [0.3, 0.4) is 0 Å². The van der Waals surface area contributed by atoms with E-state index in [9.17, 15) is 13.2 Å². The summed E-state index contributed by atoms with van der Waals surface area (Å²) in [5.41, 5.74) is 12.7. The van der Waals surface area contributed by atoms with E-state index in [1.54, 1.807) is 34.6 Å². The molecule has 0 spiro atoms. The molecule has 32 heavy (non-hydrogen) atoms. The fourth-order valence-electron chi connectivity index (χ4n) is 2.62. The van der Waals surface area contributed by atoms with Crippen molar-refractivity contribution in [1.29, 1.82) is 0 Å². The molecule has 0 unspecified atom stereocenters.